The van der Waals surface area contributed by atoms with Crippen LogP contribution in [0.1, 0.15) is 13.8 Å². The summed E-state index contributed by atoms with van der Waals surface area (Å²) in [7, 11) is 0. The van der Waals surface area contributed by atoms with Crippen molar-refractivity contribution in [2.75, 3.05) is 5.75 Å². The van der Waals surface area contributed by atoms with E-state index < -0.39 is 0 Å². The Morgan fingerprint density at radius 2 is 2.33 bits per heavy atom. The average molecular weight is 144 g/mol. The van der Waals surface area contributed by atoms with Gasteiger partial charge in [0.25, 0.3) is 0 Å². The predicted octanol–water partition coefficient (Wildman–Crippen LogP) is 1.59. The molecule has 0 aromatic heterocycles. The van der Waals surface area contributed by atoms with Crippen LogP contribution in [0.15, 0.2) is 16.6 Å². The number of allylic oxidation sites excluding steroid dienone is 1. The first-order chi connectivity index (χ1) is 4.22. The number of nitrogens with two attached hydrogens (primary N) is 1. The van der Waals surface area contributed by atoms with E-state index in [-0.39, 0.29) is 0 Å². The zero-order valence-electron chi connectivity index (χ0n) is 5.85. The maximum atomic E-state index is 5.02. The largest absolute Gasteiger partial charge is 0.323 e. The molecule has 0 aliphatic rings. The van der Waals surface area contributed by atoms with Crippen LogP contribution in [0, 0.1) is 0 Å². The molecule has 9 heavy (non-hydrogen) atoms. The summed E-state index contributed by atoms with van der Waals surface area (Å²) in [6.07, 6.45) is 0. The number of hydrogen-bond donors (Lipinski definition) is 1. The molecule has 0 rings (SSSR count). The van der Waals surface area contributed by atoms with Crippen molar-refractivity contribution in [2.24, 2.45) is 10.9 Å². The maximum absolute atomic E-state index is 5.02. The Morgan fingerprint density at radius 3 is 2.67 bits per heavy atom. The molecule has 0 saturated carbocycles. The molecular weight excluding hydrogens is 132 g/mol. The minimum atomic E-state index is 0.821. The van der Waals surface area contributed by atoms with E-state index >= 15 is 0 Å². The van der Waals surface area contributed by atoms with Crippen molar-refractivity contribution in [1.82, 2.24) is 0 Å². The summed E-state index contributed by atoms with van der Waals surface area (Å²) in [6, 6.07) is 0. The molecule has 2 N–H and O–H groups in total. The van der Waals surface area contributed by atoms with Gasteiger partial charge in [0, 0.05) is 4.91 Å². The van der Waals surface area contributed by atoms with Crippen molar-refractivity contribution < 1.29 is 0 Å². The van der Waals surface area contributed by atoms with Gasteiger partial charge in [-0.3, -0.25) is 0 Å². The van der Waals surface area contributed by atoms with E-state index in [1.54, 1.807) is 11.8 Å². The monoisotopic (exact) mass is 144 g/mol. The van der Waals surface area contributed by atoms with E-state index in [2.05, 4.69) is 18.6 Å². The molecule has 0 aliphatic heterocycles. The standard InChI is InChI=1S/C6H12N2S/c1-4-9-6(3)5(2)8-7/h3-4,7H2,1-2H3/b8-5-. The van der Waals surface area contributed by atoms with E-state index in [1.807, 2.05) is 6.92 Å². The lowest BCUT2D eigenvalue weighted by atomic mass is 10.4. The van der Waals surface area contributed by atoms with Gasteiger partial charge in [0.1, 0.15) is 0 Å². The molecule has 0 aliphatic carbocycles. The zero-order chi connectivity index (χ0) is 7.28. The molecule has 0 amide bonds. The smallest absolute Gasteiger partial charge is 0.0699 e. The van der Waals surface area contributed by atoms with Crippen molar-refractivity contribution >= 4 is 17.5 Å². The Labute approximate surface area is 60.2 Å². The van der Waals surface area contributed by atoms with Crippen molar-refractivity contribution in [3.8, 4) is 0 Å². The van der Waals surface area contributed by atoms with Crippen LogP contribution in [0.3, 0.4) is 0 Å². The fraction of sp³-hybridized carbons (Fsp3) is 0.500. The Kier molecular flexibility index (Phi) is 4.22. The van der Waals surface area contributed by atoms with Gasteiger partial charge in [0.2, 0.25) is 0 Å². The molecule has 0 bridgehead atoms. The topological polar surface area (TPSA) is 38.4 Å². The second-order valence-corrected chi connectivity index (χ2v) is 2.93. The first-order valence-electron chi connectivity index (χ1n) is 2.79. The first kappa shape index (κ1) is 8.56. The SMILES string of the molecule is C=C(SCC)/C(C)=N\N. The molecule has 0 atom stereocenters. The van der Waals surface area contributed by atoms with E-state index in [0.29, 0.717) is 0 Å². The Morgan fingerprint density at radius 1 is 1.78 bits per heavy atom. The van der Waals surface area contributed by atoms with Gasteiger partial charge in [-0.15, -0.1) is 11.8 Å². The van der Waals surface area contributed by atoms with Crippen LogP contribution in [0.5, 0.6) is 0 Å². The Hall–Kier alpha value is -0.440. The van der Waals surface area contributed by atoms with E-state index in [9.17, 15) is 0 Å². The molecule has 0 aromatic carbocycles. The van der Waals surface area contributed by atoms with Gasteiger partial charge in [-0.1, -0.05) is 13.5 Å². The summed E-state index contributed by atoms with van der Waals surface area (Å²) >= 11 is 1.66. The summed E-state index contributed by atoms with van der Waals surface area (Å²) in [6.45, 7) is 7.69. The molecule has 0 heterocycles. The fourth-order valence-electron chi connectivity index (χ4n) is 0.351. The number of hydrogen-bond acceptors (Lipinski definition) is 3. The molecule has 0 saturated heterocycles. The summed E-state index contributed by atoms with van der Waals surface area (Å²) in [5.74, 6) is 6.04. The molecule has 0 aromatic rings. The number of thioether (sulfide) groups is 1. The Balaban J connectivity index is 3.74. The lowest BCUT2D eigenvalue weighted by Gasteiger charge is -1.98. The van der Waals surface area contributed by atoms with Crippen molar-refractivity contribution in [3.63, 3.8) is 0 Å². The summed E-state index contributed by atoms with van der Waals surface area (Å²) in [5.41, 5.74) is 0.821. The van der Waals surface area contributed by atoms with Crippen LogP contribution >= 0.6 is 11.8 Å². The average Bonchev–Trinajstić information content (AvgIpc) is 1.87. The fourth-order valence-corrected chi connectivity index (χ4v) is 0.961. The van der Waals surface area contributed by atoms with Gasteiger partial charge in [0.05, 0.1) is 5.71 Å². The highest BCUT2D eigenvalue weighted by molar-refractivity contribution is 8.03. The lowest BCUT2D eigenvalue weighted by molar-refractivity contribution is 1.24. The number of hydrazone groups is 1. The Bertz CT molecular complexity index is 129. The number of nitrogens with zero attached hydrogens (tertiary/aromatic N) is 1. The highest BCUT2D eigenvalue weighted by Gasteiger charge is 1.94. The minimum absolute atomic E-state index is 0.821. The van der Waals surface area contributed by atoms with Crippen molar-refractivity contribution in [2.45, 2.75) is 13.8 Å². The molecule has 3 heteroatoms. The molecule has 0 spiro atoms. The van der Waals surface area contributed by atoms with E-state index in [1.165, 1.54) is 0 Å². The van der Waals surface area contributed by atoms with Crippen LogP contribution in [0.4, 0.5) is 0 Å². The summed E-state index contributed by atoms with van der Waals surface area (Å²) in [5, 5.41) is 3.50. The second kappa shape index (κ2) is 4.44. The molecule has 52 valence electrons. The van der Waals surface area contributed by atoms with Crippen LogP contribution < -0.4 is 5.84 Å². The lowest BCUT2D eigenvalue weighted by Crippen LogP contribution is -1.96. The quantitative estimate of drug-likeness (QED) is 0.371. The normalized spacial score (nSPS) is 11.6. The molecule has 0 unspecified atom stereocenters. The highest BCUT2D eigenvalue weighted by Crippen LogP contribution is 2.13. The maximum Gasteiger partial charge on any atom is 0.0699 e. The predicted molar refractivity (Wildman–Crippen MR) is 44.6 cm³/mol. The van der Waals surface area contributed by atoms with Gasteiger partial charge >= 0.3 is 0 Å². The van der Waals surface area contributed by atoms with Gasteiger partial charge in [0.15, 0.2) is 0 Å². The van der Waals surface area contributed by atoms with Crippen LogP contribution in [-0.4, -0.2) is 11.5 Å². The van der Waals surface area contributed by atoms with E-state index in [0.717, 1.165) is 16.4 Å². The third kappa shape index (κ3) is 3.19. The van der Waals surface area contributed by atoms with Crippen LogP contribution in [0.2, 0.25) is 0 Å². The molecule has 0 fully saturated rings. The van der Waals surface area contributed by atoms with E-state index in [4.69, 9.17) is 5.84 Å². The van der Waals surface area contributed by atoms with Crippen LogP contribution in [0.25, 0.3) is 0 Å². The molecular formula is C6H12N2S. The van der Waals surface area contributed by atoms with Gasteiger partial charge < -0.3 is 5.84 Å². The summed E-state index contributed by atoms with van der Waals surface area (Å²) < 4.78 is 0. The van der Waals surface area contributed by atoms with Gasteiger partial charge in [-0.25, -0.2) is 0 Å². The summed E-state index contributed by atoms with van der Waals surface area (Å²) in [4.78, 5) is 0.958. The zero-order valence-corrected chi connectivity index (χ0v) is 6.66. The minimum Gasteiger partial charge on any atom is -0.323 e. The second-order valence-electron chi connectivity index (χ2n) is 1.57. The molecule has 0 radical (unpaired) electrons. The third-order valence-electron chi connectivity index (χ3n) is 0.916. The third-order valence-corrected chi connectivity index (χ3v) is 1.85. The molecule has 2 nitrogen and oxygen atoms in total. The van der Waals surface area contributed by atoms with Crippen molar-refractivity contribution in [1.29, 1.82) is 0 Å². The van der Waals surface area contributed by atoms with Crippen molar-refractivity contribution in [3.05, 3.63) is 11.5 Å². The first-order valence-corrected chi connectivity index (χ1v) is 3.77. The van der Waals surface area contributed by atoms with Gasteiger partial charge in [-0.05, 0) is 12.7 Å². The van der Waals surface area contributed by atoms with Gasteiger partial charge in [-0.2, -0.15) is 5.10 Å². The highest BCUT2D eigenvalue weighted by atomic mass is 32.2. The number of rotatable bonds is 3. The van der Waals surface area contributed by atoms with Crippen LogP contribution in [-0.2, 0) is 0 Å².